The number of H-pyrrole nitrogens is 1. The minimum absolute atomic E-state index is 0.0435. The van der Waals surface area contributed by atoms with Crippen LogP contribution in [0.15, 0.2) is 54.2 Å². The normalized spacial score (nSPS) is 30.2. The maximum atomic E-state index is 13.6. The summed E-state index contributed by atoms with van der Waals surface area (Å²) in [4.78, 5) is 28.3. The first-order valence-electron chi connectivity index (χ1n) is 16.0. The number of carbonyl (C=O) groups is 2. The zero-order chi connectivity index (χ0) is 34.1. The number of aromatic nitrogens is 1. The van der Waals surface area contributed by atoms with E-state index in [9.17, 15) is 35.9 Å². The Kier molecular flexibility index (Phi) is 10.7. The molecule has 4 nitrogen and oxygen atoms in total. The van der Waals surface area contributed by atoms with Gasteiger partial charge in [0.25, 0.3) is 0 Å². The van der Waals surface area contributed by atoms with Gasteiger partial charge in [-0.1, -0.05) is 51.6 Å². The quantitative estimate of drug-likeness (QED) is 0.247. The molecule has 1 aromatic carbocycles. The number of pyridine rings is 1. The Hall–Kier alpha value is -2.95. The number of ketones is 1. The van der Waals surface area contributed by atoms with Crippen LogP contribution in [0.4, 0.5) is 32.0 Å². The van der Waals surface area contributed by atoms with Crippen LogP contribution in [-0.2, 0) is 21.9 Å². The fourth-order valence-electron chi connectivity index (χ4n) is 8.66. The lowest BCUT2D eigenvalue weighted by Gasteiger charge is -2.58. The zero-order valence-corrected chi connectivity index (χ0v) is 27.4. The Labute approximate surface area is 271 Å². The summed E-state index contributed by atoms with van der Waals surface area (Å²) in [6.45, 7) is 8.27. The van der Waals surface area contributed by atoms with Gasteiger partial charge in [-0.05, 0) is 110 Å². The van der Waals surface area contributed by atoms with Crippen LogP contribution in [-0.4, -0.2) is 16.7 Å². The lowest BCUT2D eigenvalue weighted by molar-refractivity contribution is -0.141. The molecule has 3 saturated carbocycles. The molecule has 4 aliphatic carbocycles. The Morgan fingerprint density at radius 3 is 2.22 bits per heavy atom. The highest BCUT2D eigenvalue weighted by Gasteiger charge is 2.60. The smallest absolute Gasteiger partial charge is 0.353 e. The number of hydrogen-bond acceptors (Lipinski definition) is 3. The van der Waals surface area contributed by atoms with Crippen LogP contribution in [0.3, 0.4) is 0 Å². The van der Waals surface area contributed by atoms with Gasteiger partial charge in [0.15, 0.2) is 5.78 Å². The zero-order valence-electron chi connectivity index (χ0n) is 26.6. The monoisotopic (exact) mass is 668 g/mol. The number of carbonyl (C=O) groups excluding carboxylic acids is 2. The van der Waals surface area contributed by atoms with E-state index in [1.807, 2.05) is 51.2 Å². The topological polar surface area (TPSA) is 62.0 Å². The Morgan fingerprint density at radius 1 is 0.913 bits per heavy atom. The maximum absolute atomic E-state index is 13.6. The van der Waals surface area contributed by atoms with E-state index in [4.69, 9.17) is 12.2 Å². The number of rotatable bonds is 2. The molecule has 1 amide bonds. The van der Waals surface area contributed by atoms with Crippen molar-refractivity contribution in [3.05, 3.63) is 70.0 Å². The molecule has 1 aromatic heterocycles. The van der Waals surface area contributed by atoms with Gasteiger partial charge in [0.2, 0.25) is 5.91 Å². The summed E-state index contributed by atoms with van der Waals surface area (Å²) in [5.41, 5.74) is -2.63. The number of fused-ring (bicyclic) bond motifs is 5. The van der Waals surface area contributed by atoms with E-state index in [0.717, 1.165) is 43.2 Å². The van der Waals surface area contributed by atoms with E-state index in [1.54, 1.807) is 0 Å². The summed E-state index contributed by atoms with van der Waals surface area (Å²) in [5.74, 6) is -0.0866. The van der Waals surface area contributed by atoms with Gasteiger partial charge >= 0.3 is 12.4 Å². The third-order valence-electron chi connectivity index (χ3n) is 10.9. The van der Waals surface area contributed by atoms with E-state index >= 15 is 0 Å². The summed E-state index contributed by atoms with van der Waals surface area (Å²) in [5, 5.41) is 2.25. The van der Waals surface area contributed by atoms with Crippen LogP contribution in [0.2, 0.25) is 0 Å². The van der Waals surface area contributed by atoms with Crippen molar-refractivity contribution >= 4 is 29.6 Å². The summed E-state index contributed by atoms with van der Waals surface area (Å²) >= 11 is 4.76. The Morgan fingerprint density at radius 2 is 1.63 bits per heavy atom. The SMILES string of the molecule is CC.CC12CCC(=O)C=C1CCC1C2CCC2(C)C(C(=O)Nc3cc(C(F)(F)F)ccc3C(F)(F)F)CCC12.S=c1cccc[nH]1. The number of allylic oxidation sites excluding steroid dienone is 1. The van der Waals surface area contributed by atoms with Crippen molar-refractivity contribution < 1.29 is 35.9 Å². The van der Waals surface area contributed by atoms with E-state index < -0.39 is 46.4 Å². The van der Waals surface area contributed by atoms with Gasteiger partial charge in [-0.15, -0.1) is 0 Å². The Balaban J connectivity index is 0.000000466. The number of nitrogens with one attached hydrogen (secondary N) is 2. The minimum Gasteiger partial charge on any atom is -0.353 e. The third kappa shape index (κ3) is 7.14. The maximum Gasteiger partial charge on any atom is 0.418 e. The molecular weight excluding hydrogens is 626 g/mol. The molecule has 0 saturated heterocycles. The first kappa shape index (κ1) is 35.9. The number of alkyl halides is 6. The van der Waals surface area contributed by atoms with Gasteiger partial charge < -0.3 is 10.3 Å². The third-order valence-corrected chi connectivity index (χ3v) is 11.1. The van der Waals surface area contributed by atoms with Crippen molar-refractivity contribution in [3.63, 3.8) is 0 Å². The number of aromatic amines is 1. The fourth-order valence-corrected chi connectivity index (χ4v) is 8.80. The van der Waals surface area contributed by atoms with Crippen LogP contribution < -0.4 is 5.32 Å². The lowest BCUT2D eigenvalue weighted by Crippen LogP contribution is -2.51. The number of amides is 1. The van der Waals surface area contributed by atoms with Crippen molar-refractivity contribution in [3.8, 4) is 0 Å². The van der Waals surface area contributed by atoms with Crippen molar-refractivity contribution in [1.82, 2.24) is 4.98 Å². The molecule has 0 bridgehead atoms. The predicted octanol–water partition coefficient (Wildman–Crippen LogP) is 10.6. The second-order valence-electron chi connectivity index (χ2n) is 13.1. The van der Waals surface area contributed by atoms with Crippen molar-refractivity contribution in [2.75, 3.05) is 5.32 Å². The predicted molar refractivity (Wildman–Crippen MR) is 168 cm³/mol. The van der Waals surface area contributed by atoms with Gasteiger partial charge in [0, 0.05) is 18.5 Å². The molecule has 46 heavy (non-hydrogen) atoms. The highest BCUT2D eigenvalue weighted by atomic mass is 32.1. The average Bonchev–Trinajstić information content (AvgIpc) is 3.36. The molecule has 4 aliphatic rings. The summed E-state index contributed by atoms with van der Waals surface area (Å²) in [6.07, 6.45) is -0.148. The van der Waals surface area contributed by atoms with Gasteiger partial charge in [0.1, 0.15) is 4.64 Å². The molecule has 6 rings (SSSR count). The molecule has 252 valence electrons. The molecule has 6 unspecified atom stereocenters. The molecule has 1 heterocycles. The van der Waals surface area contributed by atoms with Gasteiger partial charge in [-0.2, -0.15) is 26.3 Å². The molecule has 6 atom stereocenters. The molecule has 11 heteroatoms. The van der Waals surface area contributed by atoms with Crippen LogP contribution in [0.25, 0.3) is 0 Å². The standard InChI is InChI=1S/C28H31F6NO2.C5H5NS.C2H6/c1-25-11-9-17(36)13-15(25)3-5-18-19-7-8-22(26(19,2)12-10-20(18)25)24(37)35-23-14-16(27(29,30)31)4-6-21(23)28(32,33)34;7-5-3-1-2-4-6-5;1-2/h4,6,13-14,18-20,22H,3,5,7-12H2,1-2H3,(H,35,37);1-4H,(H,6,7);1-2H3. The average molecular weight is 669 g/mol. The fraction of sp³-hybridized carbons (Fsp3) is 0.571. The molecule has 0 aliphatic heterocycles. The van der Waals surface area contributed by atoms with E-state index in [-0.39, 0.29) is 17.1 Å². The molecule has 3 fully saturated rings. The van der Waals surface area contributed by atoms with E-state index in [0.29, 0.717) is 42.9 Å². The Bertz CT molecular complexity index is 1500. The van der Waals surface area contributed by atoms with Crippen molar-refractivity contribution in [1.29, 1.82) is 0 Å². The summed E-state index contributed by atoms with van der Waals surface area (Å²) in [7, 11) is 0. The van der Waals surface area contributed by atoms with Crippen LogP contribution in [0.5, 0.6) is 0 Å². The second kappa shape index (κ2) is 13.6. The minimum atomic E-state index is -4.91. The van der Waals surface area contributed by atoms with Crippen LogP contribution in [0, 0.1) is 39.1 Å². The second-order valence-corrected chi connectivity index (χ2v) is 13.6. The molecule has 2 aromatic rings. The van der Waals surface area contributed by atoms with Crippen molar-refractivity contribution in [2.45, 2.75) is 91.4 Å². The van der Waals surface area contributed by atoms with E-state index in [1.165, 1.54) is 5.57 Å². The van der Waals surface area contributed by atoms with Gasteiger partial charge in [-0.25, -0.2) is 0 Å². The van der Waals surface area contributed by atoms with E-state index in [2.05, 4.69) is 17.2 Å². The number of halogens is 6. The lowest BCUT2D eigenvalue weighted by atomic mass is 9.47. The molecule has 2 N–H and O–H groups in total. The van der Waals surface area contributed by atoms with Crippen molar-refractivity contribution in [2.24, 2.45) is 34.5 Å². The van der Waals surface area contributed by atoms with Gasteiger partial charge in [-0.3, -0.25) is 9.59 Å². The number of benzene rings is 1. The summed E-state index contributed by atoms with van der Waals surface area (Å²) in [6, 6.07) is 6.79. The molecular formula is C35H42F6N2O2S. The molecule has 0 spiro atoms. The first-order valence-corrected chi connectivity index (χ1v) is 16.4. The van der Waals surface area contributed by atoms with Gasteiger partial charge in [0.05, 0.1) is 16.8 Å². The van der Waals surface area contributed by atoms with Crippen LogP contribution in [0.1, 0.15) is 90.2 Å². The molecule has 0 radical (unpaired) electrons. The number of anilines is 1. The summed E-state index contributed by atoms with van der Waals surface area (Å²) < 4.78 is 81.2. The highest BCUT2D eigenvalue weighted by Crippen LogP contribution is 2.66. The highest BCUT2D eigenvalue weighted by molar-refractivity contribution is 7.71. The first-order chi connectivity index (χ1) is 21.5. The number of hydrogen-bond donors (Lipinski definition) is 2. The largest absolute Gasteiger partial charge is 0.418 e. The van der Waals surface area contributed by atoms with Crippen LogP contribution >= 0.6 is 12.2 Å².